The summed E-state index contributed by atoms with van der Waals surface area (Å²) >= 11 is 0. The van der Waals surface area contributed by atoms with Gasteiger partial charge in [-0.3, -0.25) is 0 Å². The molecule has 0 aromatic heterocycles. The summed E-state index contributed by atoms with van der Waals surface area (Å²) in [5.41, 5.74) is 0. The Hall–Kier alpha value is -0.120. The molecule has 0 bridgehead atoms. The van der Waals surface area contributed by atoms with Crippen molar-refractivity contribution in [3.63, 3.8) is 0 Å². The zero-order valence-corrected chi connectivity index (χ0v) is 13.5. The Labute approximate surface area is 120 Å². The van der Waals surface area contributed by atoms with Crippen molar-refractivity contribution in [3.8, 4) is 0 Å². The molecule has 114 valence electrons. The maximum absolute atomic E-state index is 3.51. The summed E-state index contributed by atoms with van der Waals surface area (Å²) in [6.45, 7) is 17.1. The van der Waals surface area contributed by atoms with E-state index in [0.29, 0.717) is 0 Å². The van der Waals surface area contributed by atoms with E-state index in [1.807, 2.05) is 27.7 Å². The van der Waals surface area contributed by atoms with Crippen LogP contribution in [-0.4, -0.2) is 50.7 Å². The van der Waals surface area contributed by atoms with Gasteiger partial charge in [0.2, 0.25) is 0 Å². The van der Waals surface area contributed by atoms with Crippen molar-refractivity contribution in [1.29, 1.82) is 0 Å². The van der Waals surface area contributed by atoms with E-state index >= 15 is 0 Å². The van der Waals surface area contributed by atoms with Crippen molar-refractivity contribution in [2.45, 2.75) is 40.5 Å². The van der Waals surface area contributed by atoms with Crippen LogP contribution in [0, 0.1) is 17.8 Å². The van der Waals surface area contributed by atoms with Gasteiger partial charge in [0.25, 0.3) is 0 Å². The quantitative estimate of drug-likeness (QED) is 0.805. The number of piperidine rings is 1. The molecule has 3 rings (SSSR count). The smallest absolute Gasteiger partial charge is 0.00257 e. The lowest BCUT2D eigenvalue weighted by atomic mass is 9.98. The molecule has 3 aliphatic heterocycles. The molecule has 0 saturated carbocycles. The summed E-state index contributed by atoms with van der Waals surface area (Å²) in [7, 11) is 0. The van der Waals surface area contributed by atoms with Crippen LogP contribution in [0.15, 0.2) is 0 Å². The van der Waals surface area contributed by atoms with E-state index in [0.717, 1.165) is 17.8 Å². The Kier molecular flexibility index (Phi) is 8.67. The molecule has 2 atom stereocenters. The van der Waals surface area contributed by atoms with Crippen LogP contribution in [0.3, 0.4) is 0 Å². The highest BCUT2D eigenvalue weighted by Gasteiger charge is 2.36. The summed E-state index contributed by atoms with van der Waals surface area (Å²) in [4.78, 5) is 2.73. The molecule has 0 aromatic carbocycles. The van der Waals surface area contributed by atoms with Crippen molar-refractivity contribution < 1.29 is 0 Å². The first kappa shape index (κ1) is 16.9. The molecule has 3 saturated heterocycles. The van der Waals surface area contributed by atoms with Gasteiger partial charge in [0.15, 0.2) is 0 Å². The van der Waals surface area contributed by atoms with Crippen LogP contribution in [0.1, 0.15) is 40.5 Å². The number of likely N-dealkylation sites (tertiary alicyclic amines) is 1. The van der Waals surface area contributed by atoms with E-state index < -0.39 is 0 Å². The van der Waals surface area contributed by atoms with Crippen molar-refractivity contribution in [1.82, 2.24) is 15.5 Å². The number of hydrogen-bond donors (Lipinski definition) is 2. The second kappa shape index (κ2) is 9.73. The largest absolute Gasteiger partial charge is 0.317 e. The van der Waals surface area contributed by atoms with Crippen LogP contribution in [0.2, 0.25) is 0 Å². The van der Waals surface area contributed by atoms with E-state index in [1.54, 1.807) is 0 Å². The Morgan fingerprint density at radius 3 is 1.89 bits per heavy atom. The molecule has 0 aromatic rings. The predicted octanol–water partition coefficient (Wildman–Crippen LogP) is 2.19. The minimum Gasteiger partial charge on any atom is -0.317 e. The van der Waals surface area contributed by atoms with E-state index in [9.17, 15) is 0 Å². The van der Waals surface area contributed by atoms with E-state index in [1.165, 1.54) is 58.7 Å². The number of fused-ring (bicyclic) bond motifs is 1. The molecule has 2 unspecified atom stereocenters. The van der Waals surface area contributed by atoms with Gasteiger partial charge in [-0.15, -0.1) is 0 Å². The molecular formula is C16H35N3. The summed E-state index contributed by atoms with van der Waals surface area (Å²) in [6.07, 6.45) is 2.79. The van der Waals surface area contributed by atoms with Crippen molar-refractivity contribution in [3.05, 3.63) is 0 Å². The fraction of sp³-hybridized carbons (Fsp3) is 1.00. The number of nitrogens with zero attached hydrogens (tertiary/aromatic N) is 1. The normalized spacial score (nSPS) is 30.9. The van der Waals surface area contributed by atoms with Crippen LogP contribution >= 0.6 is 0 Å². The van der Waals surface area contributed by atoms with Gasteiger partial charge in [0.1, 0.15) is 0 Å². The van der Waals surface area contributed by atoms with Gasteiger partial charge in [-0.2, -0.15) is 0 Å². The van der Waals surface area contributed by atoms with Gasteiger partial charge in [-0.1, -0.05) is 27.7 Å². The van der Waals surface area contributed by atoms with E-state index in [4.69, 9.17) is 0 Å². The second-order valence-electron chi connectivity index (χ2n) is 5.59. The van der Waals surface area contributed by atoms with Crippen molar-refractivity contribution >= 4 is 0 Å². The summed E-state index contributed by atoms with van der Waals surface area (Å²) in [5, 5.41) is 6.96. The first-order valence-corrected chi connectivity index (χ1v) is 8.55. The average Bonchev–Trinajstić information content (AvgIpc) is 3.05. The number of nitrogens with one attached hydrogen (secondary N) is 2. The minimum atomic E-state index is 0.965. The maximum Gasteiger partial charge on any atom is 0.00257 e. The van der Waals surface area contributed by atoms with Gasteiger partial charge in [-0.25, -0.2) is 0 Å². The molecular weight excluding hydrogens is 234 g/mol. The van der Waals surface area contributed by atoms with E-state index in [-0.39, 0.29) is 0 Å². The van der Waals surface area contributed by atoms with Gasteiger partial charge in [0.05, 0.1) is 0 Å². The van der Waals surface area contributed by atoms with Gasteiger partial charge >= 0.3 is 0 Å². The third kappa shape index (κ3) is 5.05. The van der Waals surface area contributed by atoms with Gasteiger partial charge in [0, 0.05) is 19.6 Å². The fourth-order valence-corrected chi connectivity index (χ4v) is 3.53. The lowest BCUT2D eigenvalue weighted by Crippen LogP contribution is -2.36. The second-order valence-corrected chi connectivity index (χ2v) is 5.59. The van der Waals surface area contributed by atoms with Gasteiger partial charge in [-0.05, 0) is 56.8 Å². The van der Waals surface area contributed by atoms with E-state index in [2.05, 4.69) is 15.5 Å². The molecule has 2 N–H and O–H groups in total. The third-order valence-electron chi connectivity index (χ3n) is 4.44. The first-order chi connectivity index (χ1) is 9.42. The van der Waals surface area contributed by atoms with Crippen LogP contribution in [0.25, 0.3) is 0 Å². The van der Waals surface area contributed by atoms with Crippen LogP contribution < -0.4 is 10.6 Å². The molecule has 3 aliphatic rings. The fourth-order valence-electron chi connectivity index (χ4n) is 3.53. The summed E-state index contributed by atoms with van der Waals surface area (Å²) in [5.74, 6) is 2.90. The molecule has 0 amide bonds. The zero-order valence-electron chi connectivity index (χ0n) is 13.5. The maximum atomic E-state index is 3.51. The number of hydrogen-bond acceptors (Lipinski definition) is 3. The molecule has 0 aliphatic carbocycles. The third-order valence-corrected chi connectivity index (χ3v) is 4.44. The molecule has 3 heterocycles. The van der Waals surface area contributed by atoms with Crippen LogP contribution in [0.5, 0.6) is 0 Å². The molecule has 0 radical (unpaired) electrons. The Bertz CT molecular complexity index is 202. The molecule has 3 fully saturated rings. The highest BCUT2D eigenvalue weighted by Crippen LogP contribution is 2.27. The summed E-state index contributed by atoms with van der Waals surface area (Å²) < 4.78 is 0. The Balaban J connectivity index is 0.000000415. The SMILES string of the molecule is C1CC(CN2CC3CNCC3C2)CCN1.CC.CC. The monoisotopic (exact) mass is 269 g/mol. The zero-order chi connectivity index (χ0) is 14.1. The Morgan fingerprint density at radius 2 is 1.37 bits per heavy atom. The highest BCUT2D eigenvalue weighted by molar-refractivity contribution is 4.91. The predicted molar refractivity (Wildman–Crippen MR) is 84.6 cm³/mol. The van der Waals surface area contributed by atoms with Crippen LogP contribution in [0.4, 0.5) is 0 Å². The highest BCUT2D eigenvalue weighted by atomic mass is 15.2. The standard InChI is InChI=1S/C12H23N3.2C2H6/c1-3-13-4-2-10(1)7-15-8-11-5-14-6-12(11)9-15;2*1-2/h10-14H,1-9H2;2*1-2H3. The van der Waals surface area contributed by atoms with Crippen molar-refractivity contribution in [2.24, 2.45) is 17.8 Å². The molecule has 0 spiro atoms. The molecule has 3 nitrogen and oxygen atoms in total. The number of rotatable bonds is 2. The lowest BCUT2D eigenvalue weighted by molar-refractivity contribution is 0.229. The van der Waals surface area contributed by atoms with Crippen LogP contribution in [-0.2, 0) is 0 Å². The summed E-state index contributed by atoms with van der Waals surface area (Å²) in [6, 6.07) is 0. The van der Waals surface area contributed by atoms with Gasteiger partial charge < -0.3 is 15.5 Å². The molecule has 19 heavy (non-hydrogen) atoms. The Morgan fingerprint density at radius 1 is 0.842 bits per heavy atom. The lowest BCUT2D eigenvalue weighted by Gasteiger charge is -2.27. The minimum absolute atomic E-state index is 0.965. The first-order valence-electron chi connectivity index (χ1n) is 8.55. The van der Waals surface area contributed by atoms with Crippen molar-refractivity contribution in [2.75, 3.05) is 45.8 Å². The topological polar surface area (TPSA) is 27.3 Å². The molecule has 3 heteroatoms. The average molecular weight is 269 g/mol.